The largest absolute Gasteiger partial charge is 0.389 e. The summed E-state index contributed by atoms with van der Waals surface area (Å²) in [6.45, 7) is 7.34. The van der Waals surface area contributed by atoms with E-state index in [1.807, 2.05) is 12.3 Å². The molecule has 0 aromatic carbocycles. The van der Waals surface area contributed by atoms with Crippen LogP contribution in [0, 0.1) is 5.92 Å². The summed E-state index contributed by atoms with van der Waals surface area (Å²) in [6.07, 6.45) is 0.801. The molecule has 1 rings (SSSR count). The SMILES string of the molecule is CC(C)CC(C)(O)CNCc1csnn1. The average Bonchev–Trinajstić information content (AvgIpc) is 2.53. The van der Waals surface area contributed by atoms with E-state index in [9.17, 15) is 5.11 Å². The maximum absolute atomic E-state index is 10.0. The van der Waals surface area contributed by atoms with E-state index in [4.69, 9.17) is 0 Å². The lowest BCUT2D eigenvalue weighted by molar-refractivity contribution is 0.0382. The average molecular weight is 229 g/mol. The molecule has 0 aliphatic rings. The number of aromatic nitrogens is 2. The highest BCUT2D eigenvalue weighted by molar-refractivity contribution is 7.03. The molecule has 1 atom stereocenters. The Kier molecular flexibility index (Phi) is 4.63. The van der Waals surface area contributed by atoms with Crippen LogP contribution in [0.5, 0.6) is 0 Å². The lowest BCUT2D eigenvalue weighted by Gasteiger charge is -2.25. The van der Waals surface area contributed by atoms with E-state index in [-0.39, 0.29) is 0 Å². The van der Waals surface area contributed by atoms with Gasteiger partial charge in [-0.15, -0.1) is 5.10 Å². The molecule has 0 fully saturated rings. The van der Waals surface area contributed by atoms with E-state index in [1.165, 1.54) is 11.5 Å². The van der Waals surface area contributed by atoms with Gasteiger partial charge >= 0.3 is 0 Å². The van der Waals surface area contributed by atoms with Gasteiger partial charge in [0.15, 0.2) is 0 Å². The van der Waals surface area contributed by atoms with Gasteiger partial charge in [0.2, 0.25) is 0 Å². The summed E-state index contributed by atoms with van der Waals surface area (Å²) in [7, 11) is 0. The van der Waals surface area contributed by atoms with Gasteiger partial charge in [-0.25, -0.2) is 0 Å². The minimum Gasteiger partial charge on any atom is -0.389 e. The van der Waals surface area contributed by atoms with E-state index in [1.54, 1.807) is 0 Å². The van der Waals surface area contributed by atoms with Crippen molar-refractivity contribution in [3.05, 3.63) is 11.1 Å². The molecule has 0 bridgehead atoms. The fourth-order valence-electron chi connectivity index (χ4n) is 1.67. The maximum Gasteiger partial charge on any atom is 0.0893 e. The van der Waals surface area contributed by atoms with Gasteiger partial charge in [-0.1, -0.05) is 18.3 Å². The van der Waals surface area contributed by atoms with Crippen molar-refractivity contribution < 1.29 is 5.11 Å². The minimum absolute atomic E-state index is 0.503. The zero-order chi connectivity index (χ0) is 11.3. The van der Waals surface area contributed by atoms with Gasteiger partial charge in [0.05, 0.1) is 11.3 Å². The summed E-state index contributed by atoms with van der Waals surface area (Å²) in [5, 5.41) is 19.0. The number of rotatable bonds is 6. The summed E-state index contributed by atoms with van der Waals surface area (Å²) >= 11 is 1.34. The minimum atomic E-state index is -0.641. The number of nitrogens with zero attached hydrogens (tertiary/aromatic N) is 2. The molecule has 1 aromatic rings. The smallest absolute Gasteiger partial charge is 0.0893 e. The Morgan fingerprint density at radius 2 is 2.33 bits per heavy atom. The van der Waals surface area contributed by atoms with E-state index in [0.717, 1.165) is 12.1 Å². The van der Waals surface area contributed by atoms with E-state index < -0.39 is 5.60 Å². The molecule has 1 aromatic heterocycles. The summed E-state index contributed by atoms with van der Waals surface area (Å²) in [4.78, 5) is 0. The first-order valence-electron chi connectivity index (χ1n) is 5.18. The van der Waals surface area contributed by atoms with Crippen LogP contribution < -0.4 is 5.32 Å². The summed E-state index contributed by atoms with van der Waals surface area (Å²) in [5.74, 6) is 0.503. The molecule has 0 aliphatic carbocycles. The maximum atomic E-state index is 10.0. The van der Waals surface area contributed by atoms with Crippen LogP contribution in [0.3, 0.4) is 0 Å². The van der Waals surface area contributed by atoms with Crippen LogP contribution in [-0.2, 0) is 6.54 Å². The van der Waals surface area contributed by atoms with E-state index >= 15 is 0 Å². The van der Waals surface area contributed by atoms with Gasteiger partial charge in [0.25, 0.3) is 0 Å². The van der Waals surface area contributed by atoms with Crippen LogP contribution in [0.2, 0.25) is 0 Å². The first-order valence-corrected chi connectivity index (χ1v) is 6.02. The quantitative estimate of drug-likeness (QED) is 0.774. The molecule has 1 heterocycles. The predicted octanol–water partition coefficient (Wildman–Crippen LogP) is 1.42. The highest BCUT2D eigenvalue weighted by Crippen LogP contribution is 2.15. The van der Waals surface area contributed by atoms with Crippen molar-refractivity contribution in [2.24, 2.45) is 5.92 Å². The van der Waals surface area contributed by atoms with Gasteiger partial charge in [-0.05, 0) is 30.8 Å². The van der Waals surface area contributed by atoms with Gasteiger partial charge in [0, 0.05) is 18.5 Å². The molecular weight excluding hydrogens is 210 g/mol. The molecule has 0 saturated heterocycles. The highest BCUT2D eigenvalue weighted by atomic mass is 32.1. The van der Waals surface area contributed by atoms with Crippen LogP contribution in [-0.4, -0.2) is 26.8 Å². The summed E-state index contributed by atoms with van der Waals surface area (Å²) < 4.78 is 3.77. The second-order valence-corrected chi connectivity index (χ2v) is 5.20. The van der Waals surface area contributed by atoms with Crippen molar-refractivity contribution >= 4 is 11.5 Å². The molecule has 1 unspecified atom stereocenters. The second-order valence-electron chi connectivity index (χ2n) is 4.59. The number of nitrogens with one attached hydrogen (secondary N) is 1. The third kappa shape index (κ3) is 5.20. The standard InChI is InChI=1S/C10H19N3OS/c1-8(2)4-10(3,14)7-11-5-9-6-15-13-12-9/h6,8,11,14H,4-5,7H2,1-3H3. The zero-order valence-electron chi connectivity index (χ0n) is 9.53. The van der Waals surface area contributed by atoms with Crippen molar-refractivity contribution in [3.63, 3.8) is 0 Å². The Morgan fingerprint density at radius 3 is 2.87 bits per heavy atom. The van der Waals surface area contributed by atoms with Crippen LogP contribution >= 0.6 is 11.5 Å². The Bertz CT molecular complexity index is 272. The molecular formula is C10H19N3OS. The van der Waals surface area contributed by atoms with Crippen molar-refractivity contribution in [2.45, 2.75) is 39.3 Å². The second kappa shape index (κ2) is 5.53. The first kappa shape index (κ1) is 12.5. The molecule has 0 saturated carbocycles. The lowest BCUT2D eigenvalue weighted by atomic mass is 9.94. The van der Waals surface area contributed by atoms with Crippen molar-refractivity contribution in [2.75, 3.05) is 6.54 Å². The number of aliphatic hydroxyl groups is 1. The third-order valence-electron chi connectivity index (χ3n) is 2.07. The van der Waals surface area contributed by atoms with Gasteiger partial charge in [-0.3, -0.25) is 0 Å². The van der Waals surface area contributed by atoms with Crippen LogP contribution in [0.1, 0.15) is 32.9 Å². The first-order chi connectivity index (χ1) is 6.99. The number of hydrogen-bond donors (Lipinski definition) is 2. The van der Waals surface area contributed by atoms with Gasteiger partial charge in [-0.2, -0.15) is 0 Å². The summed E-state index contributed by atoms with van der Waals surface area (Å²) in [5.41, 5.74) is 0.290. The van der Waals surface area contributed by atoms with Crippen LogP contribution in [0.25, 0.3) is 0 Å². The van der Waals surface area contributed by atoms with Crippen molar-refractivity contribution in [1.82, 2.24) is 14.9 Å². The van der Waals surface area contributed by atoms with E-state index in [2.05, 4.69) is 28.8 Å². The molecule has 0 amide bonds. The topological polar surface area (TPSA) is 58.0 Å². The molecule has 5 heteroatoms. The molecule has 86 valence electrons. The third-order valence-corrected chi connectivity index (χ3v) is 2.62. The van der Waals surface area contributed by atoms with Crippen LogP contribution in [0.4, 0.5) is 0 Å². The van der Waals surface area contributed by atoms with Crippen molar-refractivity contribution in [3.8, 4) is 0 Å². The Balaban J connectivity index is 2.24. The van der Waals surface area contributed by atoms with Gasteiger partial charge in [0.1, 0.15) is 0 Å². The lowest BCUT2D eigenvalue weighted by Crippen LogP contribution is -2.38. The Hall–Kier alpha value is -0.520. The molecule has 2 N–H and O–H groups in total. The molecule has 4 nitrogen and oxygen atoms in total. The summed E-state index contributed by atoms with van der Waals surface area (Å²) in [6, 6.07) is 0. The van der Waals surface area contributed by atoms with Crippen LogP contribution in [0.15, 0.2) is 5.38 Å². The molecule has 15 heavy (non-hydrogen) atoms. The van der Waals surface area contributed by atoms with E-state index in [0.29, 0.717) is 19.0 Å². The highest BCUT2D eigenvalue weighted by Gasteiger charge is 2.21. The normalized spacial score (nSPS) is 15.5. The predicted molar refractivity (Wildman–Crippen MR) is 61.7 cm³/mol. The molecule has 0 radical (unpaired) electrons. The molecule has 0 spiro atoms. The zero-order valence-corrected chi connectivity index (χ0v) is 10.3. The fraction of sp³-hybridized carbons (Fsp3) is 0.800. The Morgan fingerprint density at radius 1 is 1.60 bits per heavy atom. The molecule has 0 aliphatic heterocycles. The number of hydrogen-bond acceptors (Lipinski definition) is 5. The van der Waals surface area contributed by atoms with Gasteiger partial charge < -0.3 is 10.4 Å². The Labute approximate surface area is 94.9 Å². The fourth-order valence-corrected chi connectivity index (χ4v) is 2.12. The monoisotopic (exact) mass is 229 g/mol. The van der Waals surface area contributed by atoms with Crippen molar-refractivity contribution in [1.29, 1.82) is 0 Å².